The fraction of sp³-hybridized carbons (Fsp3) is 0.467. The van der Waals surface area contributed by atoms with Gasteiger partial charge in [-0.2, -0.15) is 0 Å². The van der Waals surface area contributed by atoms with Gasteiger partial charge in [-0.05, 0) is 45.0 Å². The molecule has 0 aliphatic carbocycles. The third-order valence-corrected chi connectivity index (χ3v) is 3.88. The summed E-state index contributed by atoms with van der Waals surface area (Å²) in [5.41, 5.74) is 1.01. The van der Waals surface area contributed by atoms with Gasteiger partial charge >= 0.3 is 0 Å². The van der Waals surface area contributed by atoms with Gasteiger partial charge in [-0.1, -0.05) is 0 Å². The Bertz CT molecular complexity index is 523. The Hall–Kier alpha value is -1.24. The van der Waals surface area contributed by atoms with E-state index in [4.69, 9.17) is 0 Å². The van der Waals surface area contributed by atoms with Crippen LogP contribution in [0.5, 0.6) is 0 Å². The first-order chi connectivity index (χ1) is 9.85. The molecule has 1 aliphatic rings. The van der Waals surface area contributed by atoms with Crippen LogP contribution >= 0.6 is 24.2 Å². The third kappa shape index (κ3) is 5.51. The molecule has 22 heavy (non-hydrogen) atoms. The standard InChI is InChI=1S/C15H21N3O2S.ClH/c1-15(2,3)18-13(19)10-4-6-11(7-5-10)17-14(20)12-8-21-9-16-12;/h4-7,12,16H,8-9H2,1-3H3,(H,17,20)(H,18,19);1H. The lowest BCUT2D eigenvalue weighted by atomic mass is 10.1. The number of halogens is 1. The Balaban J connectivity index is 0.00000242. The monoisotopic (exact) mass is 343 g/mol. The normalized spacial score (nSPS) is 17.5. The van der Waals surface area contributed by atoms with E-state index in [1.54, 1.807) is 36.0 Å². The van der Waals surface area contributed by atoms with Crippen LogP contribution in [0.1, 0.15) is 31.1 Å². The van der Waals surface area contributed by atoms with Crippen LogP contribution < -0.4 is 16.0 Å². The fourth-order valence-electron chi connectivity index (χ4n) is 1.91. The highest BCUT2D eigenvalue weighted by Gasteiger charge is 2.22. The predicted octanol–water partition coefficient (Wildman–Crippen LogP) is 2.24. The van der Waals surface area contributed by atoms with Crippen LogP contribution in [0.25, 0.3) is 0 Å². The van der Waals surface area contributed by atoms with Gasteiger partial charge in [0.05, 0.1) is 6.04 Å². The van der Waals surface area contributed by atoms with E-state index in [-0.39, 0.29) is 35.8 Å². The second kappa shape index (κ2) is 7.85. The highest BCUT2D eigenvalue weighted by Crippen LogP contribution is 2.14. The van der Waals surface area contributed by atoms with Gasteiger partial charge in [-0.15, -0.1) is 24.2 Å². The lowest BCUT2D eigenvalue weighted by molar-refractivity contribution is -0.117. The molecule has 0 radical (unpaired) electrons. The number of hydrogen-bond acceptors (Lipinski definition) is 4. The van der Waals surface area contributed by atoms with Crippen molar-refractivity contribution in [1.82, 2.24) is 10.6 Å². The molecule has 3 N–H and O–H groups in total. The van der Waals surface area contributed by atoms with Gasteiger partial charge < -0.3 is 10.6 Å². The van der Waals surface area contributed by atoms with Crippen molar-refractivity contribution in [3.8, 4) is 0 Å². The molecule has 5 nitrogen and oxygen atoms in total. The maximum atomic E-state index is 12.0. The molecule has 1 unspecified atom stereocenters. The number of rotatable bonds is 3. The molecule has 0 spiro atoms. The van der Waals surface area contributed by atoms with E-state index in [0.717, 1.165) is 11.6 Å². The summed E-state index contributed by atoms with van der Waals surface area (Å²) in [6, 6.07) is 6.79. The molecule has 1 heterocycles. The van der Waals surface area contributed by atoms with Crippen LogP contribution in [0.3, 0.4) is 0 Å². The van der Waals surface area contributed by atoms with E-state index in [2.05, 4.69) is 16.0 Å². The Kier molecular flexibility index (Phi) is 6.71. The maximum Gasteiger partial charge on any atom is 0.251 e. The molecular weight excluding hydrogens is 322 g/mol. The summed E-state index contributed by atoms with van der Waals surface area (Å²) in [5, 5.41) is 8.87. The zero-order valence-electron chi connectivity index (χ0n) is 12.9. The number of nitrogens with one attached hydrogen (secondary N) is 3. The van der Waals surface area contributed by atoms with E-state index >= 15 is 0 Å². The van der Waals surface area contributed by atoms with Crippen LogP contribution in [-0.4, -0.2) is 35.0 Å². The van der Waals surface area contributed by atoms with Crippen molar-refractivity contribution >= 4 is 41.7 Å². The van der Waals surface area contributed by atoms with E-state index in [1.165, 1.54) is 0 Å². The molecular formula is C15H22ClN3O2S. The number of benzene rings is 1. The van der Waals surface area contributed by atoms with Crippen molar-refractivity contribution in [2.24, 2.45) is 0 Å². The summed E-state index contributed by atoms with van der Waals surface area (Å²) >= 11 is 1.71. The number of thioether (sulfide) groups is 1. The Morgan fingerprint density at radius 3 is 2.36 bits per heavy atom. The zero-order chi connectivity index (χ0) is 15.5. The minimum atomic E-state index is -0.268. The number of amides is 2. The van der Waals surface area contributed by atoms with Crippen LogP contribution in [0.2, 0.25) is 0 Å². The number of anilines is 1. The van der Waals surface area contributed by atoms with E-state index in [0.29, 0.717) is 11.3 Å². The van der Waals surface area contributed by atoms with Crippen LogP contribution in [0, 0.1) is 0 Å². The number of carbonyl (C=O) groups is 2. The fourth-order valence-corrected chi connectivity index (χ4v) is 2.85. The van der Waals surface area contributed by atoms with Crippen molar-refractivity contribution in [2.75, 3.05) is 16.9 Å². The molecule has 1 aromatic rings. The smallest absolute Gasteiger partial charge is 0.251 e. The Labute approximate surface area is 141 Å². The van der Waals surface area contributed by atoms with Crippen molar-refractivity contribution in [1.29, 1.82) is 0 Å². The first-order valence-electron chi connectivity index (χ1n) is 6.90. The molecule has 1 aliphatic heterocycles. The van der Waals surface area contributed by atoms with Crippen molar-refractivity contribution in [2.45, 2.75) is 32.4 Å². The molecule has 1 saturated heterocycles. The molecule has 0 bridgehead atoms. The van der Waals surface area contributed by atoms with Gasteiger partial charge in [-0.3, -0.25) is 14.9 Å². The quantitative estimate of drug-likeness (QED) is 0.787. The minimum absolute atomic E-state index is 0. The van der Waals surface area contributed by atoms with Crippen molar-refractivity contribution in [3.05, 3.63) is 29.8 Å². The van der Waals surface area contributed by atoms with Crippen molar-refractivity contribution in [3.63, 3.8) is 0 Å². The number of hydrogen-bond donors (Lipinski definition) is 3. The summed E-state index contributed by atoms with van der Waals surface area (Å²) in [7, 11) is 0. The van der Waals surface area contributed by atoms with Crippen molar-refractivity contribution < 1.29 is 9.59 Å². The van der Waals surface area contributed by atoms with Crippen LogP contribution in [-0.2, 0) is 4.79 Å². The first-order valence-corrected chi connectivity index (χ1v) is 8.05. The topological polar surface area (TPSA) is 70.2 Å². The molecule has 0 saturated carbocycles. The maximum absolute atomic E-state index is 12.0. The average Bonchev–Trinajstić information content (AvgIpc) is 2.91. The van der Waals surface area contributed by atoms with Gasteiger partial charge in [0.1, 0.15) is 0 Å². The zero-order valence-corrected chi connectivity index (χ0v) is 14.6. The first kappa shape index (κ1) is 18.8. The van der Waals surface area contributed by atoms with Gasteiger partial charge in [0.25, 0.3) is 5.91 Å². The molecule has 1 aromatic carbocycles. The van der Waals surface area contributed by atoms with E-state index < -0.39 is 0 Å². The van der Waals surface area contributed by atoms with E-state index in [9.17, 15) is 9.59 Å². The third-order valence-electron chi connectivity index (χ3n) is 2.94. The molecule has 0 aromatic heterocycles. The van der Waals surface area contributed by atoms with Gasteiger partial charge in [-0.25, -0.2) is 0 Å². The van der Waals surface area contributed by atoms with Gasteiger partial charge in [0.2, 0.25) is 5.91 Å². The average molecular weight is 344 g/mol. The molecule has 1 fully saturated rings. The van der Waals surface area contributed by atoms with Crippen LogP contribution in [0.15, 0.2) is 24.3 Å². The molecule has 1 atom stereocenters. The largest absolute Gasteiger partial charge is 0.347 e. The highest BCUT2D eigenvalue weighted by molar-refractivity contribution is 7.99. The second-order valence-corrected chi connectivity index (χ2v) is 7.07. The summed E-state index contributed by atoms with van der Waals surface area (Å²) in [6.07, 6.45) is 0. The van der Waals surface area contributed by atoms with Crippen LogP contribution in [0.4, 0.5) is 5.69 Å². The van der Waals surface area contributed by atoms with Gasteiger partial charge in [0.15, 0.2) is 0 Å². The molecule has 122 valence electrons. The molecule has 2 amide bonds. The summed E-state index contributed by atoms with van der Waals surface area (Å²) in [4.78, 5) is 23.9. The van der Waals surface area contributed by atoms with E-state index in [1.807, 2.05) is 20.8 Å². The second-order valence-electron chi connectivity index (χ2n) is 6.04. The summed E-state index contributed by atoms with van der Waals surface area (Å²) < 4.78 is 0. The highest BCUT2D eigenvalue weighted by atomic mass is 35.5. The predicted molar refractivity (Wildman–Crippen MR) is 93.8 cm³/mol. The summed E-state index contributed by atoms with van der Waals surface area (Å²) in [5.74, 6) is 1.45. The lowest BCUT2D eigenvalue weighted by Gasteiger charge is -2.20. The SMILES string of the molecule is CC(C)(C)NC(=O)c1ccc(NC(=O)C2CSCN2)cc1.Cl. The van der Waals surface area contributed by atoms with Gasteiger partial charge in [0, 0.05) is 28.4 Å². The molecule has 7 heteroatoms. The minimum Gasteiger partial charge on any atom is -0.347 e. The number of carbonyl (C=O) groups excluding carboxylic acids is 2. The summed E-state index contributed by atoms with van der Waals surface area (Å²) in [6.45, 7) is 5.81. The molecule has 2 rings (SSSR count). The lowest BCUT2D eigenvalue weighted by Crippen LogP contribution is -2.40. The Morgan fingerprint density at radius 1 is 1.23 bits per heavy atom. The Morgan fingerprint density at radius 2 is 1.86 bits per heavy atom.